The van der Waals surface area contributed by atoms with E-state index in [-0.39, 0.29) is 43.0 Å². The maximum absolute atomic E-state index is 12.4. The van der Waals surface area contributed by atoms with Crippen molar-refractivity contribution in [2.75, 3.05) is 6.54 Å². The maximum Gasteiger partial charge on any atom is 0.391 e. The summed E-state index contributed by atoms with van der Waals surface area (Å²) in [4.78, 5) is 23.6. The molecule has 1 heterocycles. The average Bonchev–Trinajstić information content (AvgIpc) is 2.90. The van der Waals surface area contributed by atoms with E-state index in [1.807, 2.05) is 0 Å². The van der Waals surface area contributed by atoms with Crippen molar-refractivity contribution >= 4 is 11.8 Å². The lowest BCUT2D eigenvalue weighted by atomic mass is 9.73. The summed E-state index contributed by atoms with van der Waals surface area (Å²) in [5.74, 6) is -2.00. The van der Waals surface area contributed by atoms with Crippen LogP contribution in [0.3, 0.4) is 0 Å². The van der Waals surface area contributed by atoms with E-state index in [0.717, 1.165) is 12.8 Å². The van der Waals surface area contributed by atoms with Crippen LogP contribution in [0.15, 0.2) is 17.0 Å². The summed E-state index contributed by atoms with van der Waals surface area (Å²) in [6.07, 6.45) is 0.219. The lowest BCUT2D eigenvalue weighted by Crippen LogP contribution is -2.50. The first kappa shape index (κ1) is 17.8. The molecule has 138 valence electrons. The van der Waals surface area contributed by atoms with Gasteiger partial charge in [-0.3, -0.25) is 9.59 Å². The Bertz CT molecular complexity index is 606. The van der Waals surface area contributed by atoms with Crippen LogP contribution in [0, 0.1) is 17.8 Å². The number of rotatable bonds is 6. The molecule has 0 bridgehead atoms. The van der Waals surface area contributed by atoms with Gasteiger partial charge in [0.15, 0.2) is 0 Å². The third-order valence-electron chi connectivity index (χ3n) is 4.99. The number of amides is 2. The van der Waals surface area contributed by atoms with E-state index in [0.29, 0.717) is 12.1 Å². The fourth-order valence-electron chi connectivity index (χ4n) is 3.29. The minimum absolute atomic E-state index is 0.0765. The lowest BCUT2D eigenvalue weighted by Gasteiger charge is -2.38. The zero-order valence-corrected chi connectivity index (χ0v) is 13.5. The highest BCUT2D eigenvalue weighted by Gasteiger charge is 2.50. The predicted molar refractivity (Wildman–Crippen MR) is 80.1 cm³/mol. The molecule has 2 amide bonds. The molecule has 0 atom stereocenters. The molecule has 9 heteroatoms. The zero-order chi connectivity index (χ0) is 18.0. The van der Waals surface area contributed by atoms with Gasteiger partial charge in [-0.1, -0.05) is 5.16 Å². The quantitative estimate of drug-likeness (QED) is 0.811. The lowest BCUT2D eigenvalue weighted by molar-refractivity contribution is -0.204. The molecule has 3 rings (SSSR count). The number of carbonyl (C=O) groups is 2. The van der Waals surface area contributed by atoms with Crippen molar-refractivity contribution in [3.63, 3.8) is 0 Å². The van der Waals surface area contributed by atoms with Crippen molar-refractivity contribution in [1.82, 2.24) is 15.8 Å². The topological polar surface area (TPSA) is 84.2 Å². The van der Waals surface area contributed by atoms with E-state index in [1.54, 1.807) is 0 Å². The van der Waals surface area contributed by atoms with Gasteiger partial charge < -0.3 is 15.2 Å². The molecule has 2 fully saturated rings. The number of nitrogens with zero attached hydrogens (tertiary/aromatic N) is 1. The largest absolute Gasteiger partial charge is 0.391 e. The van der Waals surface area contributed by atoms with Crippen molar-refractivity contribution in [3.8, 4) is 0 Å². The first-order valence-electron chi connectivity index (χ1n) is 8.33. The second kappa shape index (κ2) is 7.05. The fraction of sp³-hybridized carbons (Fsp3) is 0.688. The molecule has 25 heavy (non-hydrogen) atoms. The first-order chi connectivity index (χ1) is 11.8. The van der Waals surface area contributed by atoms with Gasteiger partial charge >= 0.3 is 6.18 Å². The van der Waals surface area contributed by atoms with Gasteiger partial charge in [0.05, 0.1) is 18.5 Å². The second-order valence-electron chi connectivity index (χ2n) is 6.96. The van der Waals surface area contributed by atoms with Gasteiger partial charge in [-0.25, -0.2) is 0 Å². The minimum atomic E-state index is -4.19. The Labute approximate surface area is 142 Å². The van der Waals surface area contributed by atoms with Gasteiger partial charge in [-0.2, -0.15) is 13.2 Å². The van der Waals surface area contributed by atoms with E-state index in [4.69, 9.17) is 0 Å². The van der Waals surface area contributed by atoms with Crippen LogP contribution in [0.4, 0.5) is 13.2 Å². The fourth-order valence-corrected chi connectivity index (χ4v) is 3.29. The number of hydrogen-bond acceptors (Lipinski definition) is 4. The predicted octanol–water partition coefficient (Wildman–Crippen LogP) is 1.82. The summed E-state index contributed by atoms with van der Waals surface area (Å²) < 4.78 is 41.9. The second-order valence-corrected chi connectivity index (χ2v) is 6.96. The standard InChI is InChI=1S/C16H20F3N3O3/c17-16(18,19)12-4-11(5-12)15(24)20-6-9-1-13(2-9)22-14(23)3-10-7-21-25-8-10/h7-9,11-13H,1-6H2,(H,20,24)(H,22,23). The highest BCUT2D eigenvalue weighted by atomic mass is 19.4. The van der Waals surface area contributed by atoms with Crippen molar-refractivity contribution in [3.05, 3.63) is 18.0 Å². The Kier molecular flexibility index (Phi) is 5.01. The van der Waals surface area contributed by atoms with Gasteiger partial charge in [-0.05, 0) is 31.6 Å². The summed E-state index contributed by atoms with van der Waals surface area (Å²) in [6.45, 7) is 0.448. The summed E-state index contributed by atoms with van der Waals surface area (Å²) >= 11 is 0. The SMILES string of the molecule is O=C(Cc1cnoc1)NC1CC(CNC(=O)C2CC(C(F)(F)F)C2)C1. The summed E-state index contributed by atoms with van der Waals surface area (Å²) in [5, 5.41) is 9.15. The van der Waals surface area contributed by atoms with E-state index in [9.17, 15) is 22.8 Å². The van der Waals surface area contributed by atoms with Gasteiger partial charge in [-0.15, -0.1) is 0 Å². The smallest absolute Gasteiger partial charge is 0.364 e. The maximum atomic E-state index is 12.4. The van der Waals surface area contributed by atoms with Crippen LogP contribution >= 0.6 is 0 Å². The number of hydrogen-bond donors (Lipinski definition) is 2. The highest BCUT2D eigenvalue weighted by molar-refractivity contribution is 5.80. The van der Waals surface area contributed by atoms with Crippen molar-refractivity contribution in [1.29, 1.82) is 0 Å². The Morgan fingerprint density at radius 3 is 2.56 bits per heavy atom. The van der Waals surface area contributed by atoms with E-state index >= 15 is 0 Å². The number of carbonyl (C=O) groups excluding carboxylic acids is 2. The third-order valence-corrected chi connectivity index (χ3v) is 4.99. The van der Waals surface area contributed by atoms with Crippen LogP contribution in [0.25, 0.3) is 0 Å². The molecular weight excluding hydrogens is 339 g/mol. The molecule has 2 saturated carbocycles. The molecule has 0 radical (unpaired) electrons. The molecular formula is C16H20F3N3O3. The van der Waals surface area contributed by atoms with Crippen LogP contribution in [0.5, 0.6) is 0 Å². The number of aromatic nitrogens is 1. The van der Waals surface area contributed by atoms with E-state index in [2.05, 4.69) is 20.3 Å². The molecule has 0 aliphatic heterocycles. The normalized spacial score (nSPS) is 28.6. The van der Waals surface area contributed by atoms with Crippen molar-refractivity contribution < 1.29 is 27.3 Å². The molecule has 0 spiro atoms. The van der Waals surface area contributed by atoms with Gasteiger partial charge in [0.1, 0.15) is 6.26 Å². The third kappa shape index (κ3) is 4.52. The molecule has 0 unspecified atom stereocenters. The molecule has 1 aromatic heterocycles. The van der Waals surface area contributed by atoms with Crippen LogP contribution in [-0.4, -0.2) is 35.7 Å². The van der Waals surface area contributed by atoms with Gasteiger partial charge in [0.2, 0.25) is 11.8 Å². The number of alkyl halides is 3. The van der Waals surface area contributed by atoms with Crippen LogP contribution in [0.2, 0.25) is 0 Å². The summed E-state index contributed by atoms with van der Waals surface area (Å²) in [7, 11) is 0. The molecule has 2 N–H and O–H groups in total. The Balaban J connectivity index is 1.27. The number of nitrogens with one attached hydrogen (secondary N) is 2. The zero-order valence-electron chi connectivity index (χ0n) is 13.5. The van der Waals surface area contributed by atoms with Crippen LogP contribution in [0.1, 0.15) is 31.2 Å². The van der Waals surface area contributed by atoms with E-state index in [1.165, 1.54) is 12.5 Å². The molecule has 0 saturated heterocycles. The first-order valence-corrected chi connectivity index (χ1v) is 8.33. The van der Waals surface area contributed by atoms with E-state index < -0.39 is 18.0 Å². The Hall–Kier alpha value is -2.06. The van der Waals surface area contributed by atoms with Crippen LogP contribution < -0.4 is 10.6 Å². The van der Waals surface area contributed by atoms with Crippen molar-refractivity contribution in [2.24, 2.45) is 17.8 Å². The van der Waals surface area contributed by atoms with Crippen molar-refractivity contribution in [2.45, 2.75) is 44.3 Å². The molecule has 0 aromatic carbocycles. The molecule has 2 aliphatic carbocycles. The van der Waals surface area contributed by atoms with Gasteiger partial charge in [0.25, 0.3) is 0 Å². The van der Waals surface area contributed by atoms with Gasteiger partial charge in [0, 0.05) is 24.1 Å². The molecule has 1 aromatic rings. The van der Waals surface area contributed by atoms with Crippen LogP contribution in [-0.2, 0) is 16.0 Å². The Morgan fingerprint density at radius 1 is 1.24 bits per heavy atom. The summed E-state index contributed by atoms with van der Waals surface area (Å²) in [5.41, 5.74) is 0.707. The minimum Gasteiger partial charge on any atom is -0.364 e. The molecule has 6 nitrogen and oxygen atoms in total. The summed E-state index contributed by atoms with van der Waals surface area (Å²) in [6, 6.07) is 0.0765. The monoisotopic (exact) mass is 359 g/mol. The molecule has 2 aliphatic rings. The number of halogens is 3. The highest BCUT2D eigenvalue weighted by Crippen LogP contribution is 2.44. The Morgan fingerprint density at radius 2 is 1.96 bits per heavy atom. The average molecular weight is 359 g/mol.